The normalized spacial score (nSPS) is 10.6. The van der Waals surface area contributed by atoms with Crippen molar-refractivity contribution in [2.75, 3.05) is 6.61 Å². The molecule has 1 heterocycles. The van der Waals surface area contributed by atoms with Crippen LogP contribution in [0.25, 0.3) is 0 Å². The second kappa shape index (κ2) is 5.27. The van der Waals surface area contributed by atoms with Crippen LogP contribution in [-0.4, -0.2) is 21.3 Å². The van der Waals surface area contributed by atoms with E-state index in [-0.39, 0.29) is 6.61 Å². The van der Waals surface area contributed by atoms with Crippen LogP contribution >= 0.6 is 15.9 Å². The van der Waals surface area contributed by atoms with Crippen LogP contribution < -0.4 is 0 Å². The molecule has 1 aromatic carbocycles. The molecular formula is C12H13BrN2O. The summed E-state index contributed by atoms with van der Waals surface area (Å²) < 4.78 is 3.05. The van der Waals surface area contributed by atoms with Crippen LogP contribution in [0.15, 0.2) is 41.1 Å². The predicted molar refractivity (Wildman–Crippen MR) is 66.3 cm³/mol. The number of aromatic nitrogens is 2. The van der Waals surface area contributed by atoms with Gasteiger partial charge in [0, 0.05) is 29.8 Å². The molecule has 84 valence electrons. The molecule has 3 nitrogen and oxygen atoms in total. The fourth-order valence-corrected chi connectivity index (χ4v) is 2.09. The number of benzene rings is 1. The van der Waals surface area contributed by atoms with Gasteiger partial charge in [0.2, 0.25) is 0 Å². The Kier molecular flexibility index (Phi) is 3.74. The maximum Gasteiger partial charge on any atom is 0.113 e. The number of hydrogen-bond acceptors (Lipinski definition) is 2. The van der Waals surface area contributed by atoms with Gasteiger partial charge in [0.25, 0.3) is 0 Å². The highest BCUT2D eigenvalue weighted by atomic mass is 79.9. The predicted octanol–water partition coefficient (Wildman–Crippen LogP) is 2.23. The summed E-state index contributed by atoms with van der Waals surface area (Å²) in [6, 6.07) is 8.17. The van der Waals surface area contributed by atoms with Crippen molar-refractivity contribution in [3.05, 3.63) is 52.5 Å². The summed E-state index contributed by atoms with van der Waals surface area (Å²) in [6.45, 7) is 0.741. The highest BCUT2D eigenvalue weighted by molar-refractivity contribution is 9.10. The van der Waals surface area contributed by atoms with Crippen molar-refractivity contribution in [2.45, 2.75) is 13.0 Å². The quantitative estimate of drug-likeness (QED) is 0.933. The van der Waals surface area contributed by atoms with Gasteiger partial charge in [-0.3, -0.25) is 0 Å². The Balaban J connectivity index is 2.17. The summed E-state index contributed by atoms with van der Waals surface area (Å²) in [5.74, 6) is 0.979. The van der Waals surface area contributed by atoms with Gasteiger partial charge >= 0.3 is 0 Å². The lowest BCUT2D eigenvalue weighted by atomic mass is 10.1. The maximum atomic E-state index is 8.92. The molecule has 0 spiro atoms. The zero-order valence-electron chi connectivity index (χ0n) is 8.81. The first kappa shape index (κ1) is 11.4. The van der Waals surface area contributed by atoms with E-state index in [4.69, 9.17) is 5.11 Å². The number of hydrogen-bond donors (Lipinski definition) is 1. The van der Waals surface area contributed by atoms with E-state index >= 15 is 0 Å². The van der Waals surface area contributed by atoms with E-state index in [1.165, 1.54) is 5.56 Å². The summed E-state index contributed by atoms with van der Waals surface area (Å²) in [5.41, 5.74) is 1.21. The first-order valence-electron chi connectivity index (χ1n) is 5.15. The van der Waals surface area contributed by atoms with Crippen LogP contribution in [0.5, 0.6) is 0 Å². The molecule has 0 bridgehead atoms. The maximum absolute atomic E-state index is 8.92. The van der Waals surface area contributed by atoms with Gasteiger partial charge in [0.15, 0.2) is 0 Å². The SMILES string of the molecule is OCCn1ccnc1Cc1cccc(Br)c1. The summed E-state index contributed by atoms with van der Waals surface area (Å²) >= 11 is 3.45. The fraction of sp³-hybridized carbons (Fsp3) is 0.250. The van der Waals surface area contributed by atoms with Crippen molar-refractivity contribution >= 4 is 15.9 Å². The second-order valence-corrected chi connectivity index (χ2v) is 4.48. The Morgan fingerprint density at radius 2 is 2.25 bits per heavy atom. The molecule has 2 rings (SSSR count). The Morgan fingerprint density at radius 3 is 3.00 bits per heavy atom. The minimum Gasteiger partial charge on any atom is -0.395 e. The monoisotopic (exact) mass is 280 g/mol. The lowest BCUT2D eigenvalue weighted by Gasteiger charge is -2.06. The Labute approximate surface area is 103 Å². The molecule has 16 heavy (non-hydrogen) atoms. The molecular weight excluding hydrogens is 268 g/mol. The smallest absolute Gasteiger partial charge is 0.113 e. The topological polar surface area (TPSA) is 38.0 Å². The highest BCUT2D eigenvalue weighted by Crippen LogP contribution is 2.14. The van der Waals surface area contributed by atoms with Crippen LogP contribution in [-0.2, 0) is 13.0 Å². The number of aliphatic hydroxyl groups is 1. The van der Waals surface area contributed by atoms with Gasteiger partial charge in [0.1, 0.15) is 5.82 Å². The third kappa shape index (κ3) is 2.71. The van der Waals surface area contributed by atoms with E-state index in [0.29, 0.717) is 6.54 Å². The average Bonchev–Trinajstić information content (AvgIpc) is 2.66. The molecule has 0 aliphatic heterocycles. The van der Waals surface area contributed by atoms with Crippen LogP contribution in [0.3, 0.4) is 0 Å². The molecule has 0 aliphatic rings. The van der Waals surface area contributed by atoms with Gasteiger partial charge in [-0.1, -0.05) is 28.1 Å². The zero-order chi connectivity index (χ0) is 11.4. The number of halogens is 1. The molecule has 0 unspecified atom stereocenters. The molecule has 0 amide bonds. The van der Waals surface area contributed by atoms with E-state index in [9.17, 15) is 0 Å². The molecule has 0 saturated heterocycles. The Bertz CT molecular complexity index is 468. The van der Waals surface area contributed by atoms with Gasteiger partial charge in [-0.25, -0.2) is 4.98 Å². The fourth-order valence-electron chi connectivity index (χ4n) is 1.65. The molecule has 0 radical (unpaired) electrons. The van der Waals surface area contributed by atoms with Crippen LogP contribution in [0.2, 0.25) is 0 Å². The van der Waals surface area contributed by atoms with Gasteiger partial charge in [-0.05, 0) is 17.7 Å². The highest BCUT2D eigenvalue weighted by Gasteiger charge is 2.03. The summed E-state index contributed by atoms with van der Waals surface area (Å²) in [7, 11) is 0. The van der Waals surface area contributed by atoms with Gasteiger partial charge in [0.05, 0.1) is 6.61 Å². The lowest BCUT2D eigenvalue weighted by molar-refractivity contribution is 0.274. The zero-order valence-corrected chi connectivity index (χ0v) is 10.4. The Morgan fingerprint density at radius 1 is 1.38 bits per heavy atom. The third-order valence-electron chi connectivity index (χ3n) is 2.39. The second-order valence-electron chi connectivity index (χ2n) is 3.57. The summed E-state index contributed by atoms with van der Waals surface area (Å²) in [5, 5.41) is 8.92. The van der Waals surface area contributed by atoms with Gasteiger partial charge in [-0.2, -0.15) is 0 Å². The molecule has 1 N–H and O–H groups in total. The van der Waals surface area contributed by atoms with Crippen molar-refractivity contribution in [3.8, 4) is 0 Å². The summed E-state index contributed by atoms with van der Waals surface area (Å²) in [4.78, 5) is 4.30. The van der Waals surface area contributed by atoms with Crippen molar-refractivity contribution in [2.24, 2.45) is 0 Å². The Hall–Kier alpha value is -1.13. The van der Waals surface area contributed by atoms with Crippen LogP contribution in [0.4, 0.5) is 0 Å². The van der Waals surface area contributed by atoms with Gasteiger partial charge in [-0.15, -0.1) is 0 Å². The van der Waals surface area contributed by atoms with Gasteiger partial charge < -0.3 is 9.67 Å². The largest absolute Gasteiger partial charge is 0.395 e. The van der Waals surface area contributed by atoms with Crippen molar-refractivity contribution in [1.29, 1.82) is 0 Å². The minimum absolute atomic E-state index is 0.141. The molecule has 0 atom stereocenters. The molecule has 4 heteroatoms. The van der Waals surface area contributed by atoms with Crippen LogP contribution in [0, 0.1) is 0 Å². The van der Waals surface area contributed by atoms with E-state index in [1.54, 1.807) is 6.20 Å². The third-order valence-corrected chi connectivity index (χ3v) is 2.89. The van der Waals surface area contributed by atoms with Crippen LogP contribution in [0.1, 0.15) is 11.4 Å². The number of imidazole rings is 1. The van der Waals surface area contributed by atoms with E-state index in [2.05, 4.69) is 33.0 Å². The average molecular weight is 281 g/mol. The molecule has 0 aliphatic carbocycles. The molecule has 1 aromatic heterocycles. The van der Waals surface area contributed by atoms with Crippen molar-refractivity contribution < 1.29 is 5.11 Å². The number of nitrogens with zero attached hydrogens (tertiary/aromatic N) is 2. The molecule has 0 fully saturated rings. The van der Waals surface area contributed by atoms with Crippen molar-refractivity contribution in [1.82, 2.24) is 9.55 Å². The minimum atomic E-state index is 0.141. The lowest BCUT2D eigenvalue weighted by Crippen LogP contribution is -2.06. The standard InChI is InChI=1S/C12H13BrN2O/c13-11-3-1-2-10(8-11)9-12-14-4-5-15(12)6-7-16/h1-5,8,16H,6-7,9H2. The summed E-state index contributed by atoms with van der Waals surface area (Å²) in [6.07, 6.45) is 4.44. The molecule has 2 aromatic rings. The first-order chi connectivity index (χ1) is 7.79. The van der Waals surface area contributed by atoms with E-state index in [1.807, 2.05) is 22.9 Å². The molecule has 0 saturated carbocycles. The number of aliphatic hydroxyl groups excluding tert-OH is 1. The van der Waals surface area contributed by atoms with E-state index < -0.39 is 0 Å². The van der Waals surface area contributed by atoms with Crippen molar-refractivity contribution in [3.63, 3.8) is 0 Å². The number of rotatable bonds is 4. The van der Waals surface area contributed by atoms with E-state index in [0.717, 1.165) is 16.7 Å². The first-order valence-corrected chi connectivity index (χ1v) is 5.94.